The number of phenols is 1. The molecule has 1 aromatic carbocycles. The first-order valence-electron chi connectivity index (χ1n) is 4.76. The van der Waals surface area contributed by atoms with Gasteiger partial charge in [0.25, 0.3) is 0 Å². The van der Waals surface area contributed by atoms with Crippen LogP contribution in [0.2, 0.25) is 0 Å². The van der Waals surface area contributed by atoms with Gasteiger partial charge in [-0.05, 0) is 43.7 Å². The average molecular weight is 192 g/mol. The zero-order valence-electron chi connectivity index (χ0n) is 8.87. The molecule has 0 spiro atoms. The molecule has 1 aromatic rings. The van der Waals surface area contributed by atoms with Crippen molar-refractivity contribution in [3.8, 4) is 11.5 Å². The summed E-state index contributed by atoms with van der Waals surface area (Å²) < 4.78 is 5.65. The molecule has 2 nitrogen and oxygen atoms in total. The van der Waals surface area contributed by atoms with Gasteiger partial charge in [-0.25, -0.2) is 0 Å². The van der Waals surface area contributed by atoms with Crippen LogP contribution in [0.3, 0.4) is 0 Å². The molecule has 0 fully saturated rings. The number of hydrogen-bond acceptors (Lipinski definition) is 2. The molecular formula is C12H16O2. The van der Waals surface area contributed by atoms with Gasteiger partial charge in [-0.15, -0.1) is 0 Å². The smallest absolute Gasteiger partial charge is 0.127 e. The Kier molecular flexibility index (Phi) is 3.57. The fourth-order valence-electron chi connectivity index (χ4n) is 1.18. The highest BCUT2D eigenvalue weighted by Gasteiger charge is 2.00. The fraction of sp³-hybridized carbons (Fsp3) is 0.333. The molecule has 0 saturated heterocycles. The van der Waals surface area contributed by atoms with E-state index < -0.39 is 0 Å². The van der Waals surface area contributed by atoms with Crippen LogP contribution in [0.1, 0.15) is 27.2 Å². The van der Waals surface area contributed by atoms with Crippen LogP contribution in [0.4, 0.5) is 0 Å². The zero-order valence-corrected chi connectivity index (χ0v) is 8.87. The Balaban J connectivity index is 2.78. The van der Waals surface area contributed by atoms with Crippen LogP contribution < -0.4 is 4.74 Å². The predicted molar refractivity (Wildman–Crippen MR) is 57.4 cm³/mol. The number of ether oxygens (including phenoxy) is 1. The van der Waals surface area contributed by atoms with E-state index in [1.54, 1.807) is 24.3 Å². The summed E-state index contributed by atoms with van der Waals surface area (Å²) in [5.41, 5.74) is 1.18. The first-order chi connectivity index (χ1) is 6.63. The van der Waals surface area contributed by atoms with E-state index in [4.69, 9.17) is 9.84 Å². The van der Waals surface area contributed by atoms with E-state index in [1.165, 1.54) is 5.57 Å². The number of phenolic OH excluding ortho intramolecular Hbond substituents is 1. The largest absolute Gasteiger partial charge is 0.508 e. The molecule has 1 N–H and O–H groups in total. The van der Waals surface area contributed by atoms with Gasteiger partial charge in [-0.2, -0.15) is 0 Å². The first kappa shape index (κ1) is 10.6. The Hall–Kier alpha value is -1.44. The molecule has 0 aliphatic heterocycles. The third-order valence-corrected chi connectivity index (χ3v) is 1.96. The summed E-state index contributed by atoms with van der Waals surface area (Å²) >= 11 is 0. The highest BCUT2D eigenvalue weighted by molar-refractivity contribution is 5.31. The van der Waals surface area contributed by atoms with Crippen molar-refractivity contribution < 1.29 is 9.84 Å². The molecule has 0 aliphatic carbocycles. The molecule has 0 unspecified atom stereocenters. The second kappa shape index (κ2) is 4.70. The van der Waals surface area contributed by atoms with Crippen molar-refractivity contribution in [1.29, 1.82) is 0 Å². The van der Waals surface area contributed by atoms with E-state index in [1.807, 2.05) is 13.8 Å². The number of hydrogen-bond donors (Lipinski definition) is 1. The molecule has 14 heavy (non-hydrogen) atoms. The fourth-order valence-corrected chi connectivity index (χ4v) is 1.18. The maximum atomic E-state index is 9.09. The van der Waals surface area contributed by atoms with Crippen molar-refractivity contribution >= 4 is 0 Å². The number of benzene rings is 1. The van der Waals surface area contributed by atoms with Crippen molar-refractivity contribution in [2.24, 2.45) is 0 Å². The maximum absolute atomic E-state index is 9.09. The van der Waals surface area contributed by atoms with Gasteiger partial charge < -0.3 is 9.84 Å². The molecule has 0 aromatic heterocycles. The van der Waals surface area contributed by atoms with Crippen molar-refractivity contribution in [3.05, 3.63) is 35.6 Å². The maximum Gasteiger partial charge on any atom is 0.127 e. The van der Waals surface area contributed by atoms with Crippen LogP contribution in [-0.4, -0.2) is 5.11 Å². The highest BCUT2D eigenvalue weighted by Crippen LogP contribution is 2.20. The third kappa shape index (κ3) is 2.80. The van der Waals surface area contributed by atoms with Crippen molar-refractivity contribution in [1.82, 2.24) is 0 Å². The molecule has 0 amide bonds. The second-order valence-electron chi connectivity index (χ2n) is 3.37. The van der Waals surface area contributed by atoms with E-state index >= 15 is 0 Å². The Labute approximate surface area is 84.8 Å². The monoisotopic (exact) mass is 192 g/mol. The lowest BCUT2D eigenvalue weighted by Crippen LogP contribution is -1.95. The molecule has 1 rings (SSSR count). The van der Waals surface area contributed by atoms with Gasteiger partial charge in [-0.1, -0.05) is 6.92 Å². The molecule has 0 saturated carbocycles. The van der Waals surface area contributed by atoms with Crippen molar-refractivity contribution in [3.63, 3.8) is 0 Å². The van der Waals surface area contributed by atoms with E-state index in [-0.39, 0.29) is 5.75 Å². The van der Waals surface area contributed by atoms with E-state index in [9.17, 15) is 0 Å². The minimum atomic E-state index is 0.257. The van der Waals surface area contributed by atoms with Crippen LogP contribution >= 0.6 is 0 Å². The minimum Gasteiger partial charge on any atom is -0.508 e. The molecule has 0 atom stereocenters. The molecule has 0 heterocycles. The lowest BCUT2D eigenvalue weighted by atomic mass is 10.2. The third-order valence-electron chi connectivity index (χ3n) is 1.96. The number of aromatic hydroxyl groups is 1. The van der Waals surface area contributed by atoms with Crippen LogP contribution in [0.25, 0.3) is 0 Å². The lowest BCUT2D eigenvalue weighted by Gasteiger charge is -2.09. The molecule has 2 heteroatoms. The molecule has 0 aliphatic rings. The van der Waals surface area contributed by atoms with Gasteiger partial charge in [0, 0.05) is 6.42 Å². The Morgan fingerprint density at radius 2 is 1.79 bits per heavy atom. The van der Waals surface area contributed by atoms with Crippen molar-refractivity contribution in [2.75, 3.05) is 0 Å². The summed E-state index contributed by atoms with van der Waals surface area (Å²) in [7, 11) is 0. The molecule has 0 radical (unpaired) electrons. The van der Waals surface area contributed by atoms with Crippen LogP contribution in [-0.2, 0) is 0 Å². The highest BCUT2D eigenvalue weighted by atomic mass is 16.5. The molecule has 0 bridgehead atoms. The first-order valence-corrected chi connectivity index (χ1v) is 4.76. The van der Waals surface area contributed by atoms with E-state index in [0.717, 1.165) is 17.9 Å². The van der Waals surface area contributed by atoms with Gasteiger partial charge in [0.1, 0.15) is 17.3 Å². The lowest BCUT2D eigenvalue weighted by molar-refractivity contribution is 0.401. The minimum absolute atomic E-state index is 0.257. The van der Waals surface area contributed by atoms with Gasteiger partial charge in [0.05, 0.1) is 0 Å². The summed E-state index contributed by atoms with van der Waals surface area (Å²) in [4.78, 5) is 0. The van der Waals surface area contributed by atoms with Crippen LogP contribution in [0.15, 0.2) is 35.6 Å². The SMILES string of the molecule is CCC(Oc1ccc(O)cc1)=C(C)C. The molecular weight excluding hydrogens is 176 g/mol. The zero-order chi connectivity index (χ0) is 10.6. The number of allylic oxidation sites excluding steroid dienone is 2. The topological polar surface area (TPSA) is 29.5 Å². The summed E-state index contributed by atoms with van der Waals surface area (Å²) in [6, 6.07) is 6.75. The Morgan fingerprint density at radius 3 is 2.21 bits per heavy atom. The summed E-state index contributed by atoms with van der Waals surface area (Å²) in [5.74, 6) is 2.00. The second-order valence-corrected chi connectivity index (χ2v) is 3.37. The van der Waals surface area contributed by atoms with Gasteiger partial charge in [-0.3, -0.25) is 0 Å². The Bertz CT molecular complexity index is 319. The summed E-state index contributed by atoms with van der Waals surface area (Å²) in [5, 5.41) is 9.09. The predicted octanol–water partition coefficient (Wildman–Crippen LogP) is 3.47. The van der Waals surface area contributed by atoms with Crippen LogP contribution in [0, 0.1) is 0 Å². The van der Waals surface area contributed by atoms with Crippen LogP contribution in [0.5, 0.6) is 11.5 Å². The van der Waals surface area contributed by atoms with Gasteiger partial charge in [0.2, 0.25) is 0 Å². The average Bonchev–Trinajstić information content (AvgIpc) is 2.16. The van der Waals surface area contributed by atoms with Gasteiger partial charge in [0.15, 0.2) is 0 Å². The standard InChI is InChI=1S/C12H16O2/c1-4-12(9(2)3)14-11-7-5-10(13)6-8-11/h5-8,13H,4H2,1-3H3. The Morgan fingerprint density at radius 1 is 1.21 bits per heavy atom. The molecule has 76 valence electrons. The summed E-state index contributed by atoms with van der Waals surface area (Å²) in [6.45, 7) is 6.11. The summed E-state index contributed by atoms with van der Waals surface area (Å²) in [6.07, 6.45) is 0.878. The number of rotatable bonds is 3. The van der Waals surface area contributed by atoms with Gasteiger partial charge >= 0.3 is 0 Å². The van der Waals surface area contributed by atoms with E-state index in [0.29, 0.717) is 0 Å². The van der Waals surface area contributed by atoms with Crippen molar-refractivity contribution in [2.45, 2.75) is 27.2 Å². The normalized spacial score (nSPS) is 9.64. The van der Waals surface area contributed by atoms with E-state index in [2.05, 4.69) is 6.92 Å². The quantitative estimate of drug-likeness (QED) is 0.743.